The zero-order valence-electron chi connectivity index (χ0n) is 11.8. The molecule has 1 aromatic carbocycles. The predicted molar refractivity (Wildman–Crippen MR) is 75.3 cm³/mol. The summed E-state index contributed by atoms with van der Waals surface area (Å²) in [5, 5.41) is 3.36. The number of halogens is 1. The Bertz CT molecular complexity index is 567. The minimum atomic E-state index is -0.243. The van der Waals surface area contributed by atoms with E-state index in [9.17, 15) is 4.39 Å². The summed E-state index contributed by atoms with van der Waals surface area (Å²) in [7, 11) is 0. The normalized spacial score (nSPS) is 11.8. The van der Waals surface area contributed by atoms with Gasteiger partial charge in [0.25, 0.3) is 0 Å². The smallest absolute Gasteiger partial charge is 0.132 e. The number of hydrogen-bond donors (Lipinski definition) is 2. The highest BCUT2D eigenvalue weighted by molar-refractivity contribution is 5.62. The van der Waals surface area contributed by atoms with E-state index >= 15 is 0 Å². The molecule has 0 spiro atoms. The lowest BCUT2D eigenvalue weighted by molar-refractivity contribution is 0.418. The summed E-state index contributed by atoms with van der Waals surface area (Å²) < 4.78 is 13.8. The molecule has 0 fully saturated rings. The minimum absolute atomic E-state index is 0.0266. The number of nitrogens with zero attached hydrogens (tertiary/aromatic N) is 1. The average molecular weight is 261 g/mol. The van der Waals surface area contributed by atoms with Gasteiger partial charge in [0.05, 0.1) is 12.2 Å². The van der Waals surface area contributed by atoms with Gasteiger partial charge in [-0.25, -0.2) is 9.37 Å². The summed E-state index contributed by atoms with van der Waals surface area (Å²) in [6.07, 6.45) is 0. The van der Waals surface area contributed by atoms with Crippen molar-refractivity contribution in [3.05, 3.63) is 41.6 Å². The highest BCUT2D eigenvalue weighted by Crippen LogP contribution is 2.23. The van der Waals surface area contributed by atoms with E-state index in [4.69, 9.17) is 0 Å². The van der Waals surface area contributed by atoms with Crippen LogP contribution in [0.4, 0.5) is 4.39 Å². The standard InChI is InChI=1S/C15H20FN3/c1-10-14(11-7-5-6-8-12(11)16)19-13(18-10)9-17-15(2,3)4/h5-8,17H,9H2,1-4H3,(H,18,19). The molecule has 1 heterocycles. The van der Waals surface area contributed by atoms with E-state index < -0.39 is 0 Å². The highest BCUT2D eigenvalue weighted by Gasteiger charge is 2.14. The van der Waals surface area contributed by atoms with Gasteiger partial charge in [-0.15, -0.1) is 0 Å². The Hall–Kier alpha value is -1.68. The number of rotatable bonds is 3. The van der Waals surface area contributed by atoms with Crippen LogP contribution in [0.2, 0.25) is 0 Å². The van der Waals surface area contributed by atoms with Gasteiger partial charge in [0, 0.05) is 16.8 Å². The van der Waals surface area contributed by atoms with Crippen molar-refractivity contribution < 1.29 is 4.39 Å². The average Bonchev–Trinajstić information content (AvgIpc) is 2.68. The van der Waals surface area contributed by atoms with E-state index in [1.165, 1.54) is 6.07 Å². The van der Waals surface area contributed by atoms with Gasteiger partial charge >= 0.3 is 0 Å². The first-order valence-electron chi connectivity index (χ1n) is 6.42. The van der Waals surface area contributed by atoms with Crippen LogP contribution in [0.25, 0.3) is 11.3 Å². The van der Waals surface area contributed by atoms with Gasteiger partial charge in [0.2, 0.25) is 0 Å². The lowest BCUT2D eigenvalue weighted by Crippen LogP contribution is -2.35. The highest BCUT2D eigenvalue weighted by atomic mass is 19.1. The molecule has 3 nitrogen and oxygen atoms in total. The second-order valence-corrected chi connectivity index (χ2v) is 5.74. The van der Waals surface area contributed by atoms with Gasteiger partial charge in [-0.2, -0.15) is 0 Å². The van der Waals surface area contributed by atoms with Gasteiger partial charge < -0.3 is 10.3 Å². The van der Waals surface area contributed by atoms with E-state index in [1.807, 2.05) is 13.0 Å². The maximum Gasteiger partial charge on any atom is 0.132 e. The fourth-order valence-electron chi connectivity index (χ4n) is 1.87. The van der Waals surface area contributed by atoms with Gasteiger partial charge in [-0.3, -0.25) is 0 Å². The lowest BCUT2D eigenvalue weighted by atomic mass is 10.1. The molecule has 2 N–H and O–H groups in total. The van der Waals surface area contributed by atoms with Crippen LogP contribution in [0.5, 0.6) is 0 Å². The van der Waals surface area contributed by atoms with E-state index in [2.05, 4.69) is 36.1 Å². The van der Waals surface area contributed by atoms with Crippen LogP contribution < -0.4 is 5.32 Å². The molecule has 0 saturated carbocycles. The molecule has 0 aliphatic rings. The summed E-state index contributed by atoms with van der Waals surface area (Å²) >= 11 is 0. The topological polar surface area (TPSA) is 40.7 Å². The van der Waals surface area contributed by atoms with Crippen molar-refractivity contribution in [3.63, 3.8) is 0 Å². The first-order chi connectivity index (χ1) is 8.87. The van der Waals surface area contributed by atoms with Crippen LogP contribution in [0.15, 0.2) is 24.3 Å². The van der Waals surface area contributed by atoms with Crippen molar-refractivity contribution in [2.75, 3.05) is 0 Å². The van der Waals surface area contributed by atoms with Crippen molar-refractivity contribution >= 4 is 0 Å². The van der Waals surface area contributed by atoms with Crippen LogP contribution in [0.1, 0.15) is 32.3 Å². The number of imidazole rings is 1. The summed E-state index contributed by atoms with van der Waals surface area (Å²) in [5.41, 5.74) is 2.14. The number of hydrogen-bond acceptors (Lipinski definition) is 2. The van der Waals surface area contributed by atoms with Crippen molar-refractivity contribution in [3.8, 4) is 11.3 Å². The lowest BCUT2D eigenvalue weighted by Gasteiger charge is -2.19. The van der Waals surface area contributed by atoms with Crippen LogP contribution in [0, 0.1) is 12.7 Å². The summed E-state index contributed by atoms with van der Waals surface area (Å²) in [6.45, 7) is 8.84. The molecule has 2 aromatic rings. The molecular formula is C15H20FN3. The number of H-pyrrole nitrogens is 1. The zero-order chi connectivity index (χ0) is 14.0. The number of benzene rings is 1. The zero-order valence-corrected chi connectivity index (χ0v) is 11.8. The molecule has 0 aliphatic carbocycles. The largest absolute Gasteiger partial charge is 0.344 e. The molecule has 0 bridgehead atoms. The second-order valence-electron chi connectivity index (χ2n) is 5.74. The molecule has 1 aromatic heterocycles. The number of aryl methyl sites for hydroxylation is 1. The quantitative estimate of drug-likeness (QED) is 0.889. The Morgan fingerprint density at radius 1 is 1.26 bits per heavy atom. The maximum absolute atomic E-state index is 13.8. The van der Waals surface area contributed by atoms with E-state index in [0.717, 1.165) is 11.5 Å². The Balaban J connectivity index is 2.25. The Kier molecular flexibility index (Phi) is 3.71. The molecule has 0 radical (unpaired) electrons. The Morgan fingerprint density at radius 2 is 1.95 bits per heavy atom. The van der Waals surface area contributed by atoms with Gasteiger partial charge in [0.15, 0.2) is 0 Å². The molecule has 102 valence electrons. The first kappa shape index (κ1) is 13.7. The van der Waals surface area contributed by atoms with Crippen molar-refractivity contribution in [2.24, 2.45) is 0 Å². The van der Waals surface area contributed by atoms with Gasteiger partial charge in [-0.1, -0.05) is 12.1 Å². The van der Waals surface area contributed by atoms with Crippen LogP contribution in [-0.4, -0.2) is 15.5 Å². The summed E-state index contributed by atoms with van der Waals surface area (Å²) in [4.78, 5) is 7.69. The monoisotopic (exact) mass is 261 g/mol. The molecule has 4 heteroatoms. The number of nitrogens with one attached hydrogen (secondary N) is 2. The molecule has 0 saturated heterocycles. The third-order valence-electron chi connectivity index (χ3n) is 2.85. The third kappa shape index (κ3) is 3.41. The van der Waals surface area contributed by atoms with Crippen LogP contribution >= 0.6 is 0 Å². The van der Waals surface area contributed by atoms with E-state index in [-0.39, 0.29) is 11.4 Å². The van der Waals surface area contributed by atoms with E-state index in [1.54, 1.807) is 12.1 Å². The van der Waals surface area contributed by atoms with Crippen molar-refractivity contribution in [1.82, 2.24) is 15.3 Å². The fraction of sp³-hybridized carbons (Fsp3) is 0.400. The van der Waals surface area contributed by atoms with Gasteiger partial charge in [0.1, 0.15) is 11.6 Å². The van der Waals surface area contributed by atoms with Crippen LogP contribution in [-0.2, 0) is 6.54 Å². The Labute approximate surface area is 113 Å². The van der Waals surface area contributed by atoms with Crippen LogP contribution in [0.3, 0.4) is 0 Å². The molecule has 2 rings (SSSR count). The molecule has 0 unspecified atom stereocenters. The SMILES string of the molecule is Cc1[nH]c(CNC(C)(C)C)nc1-c1ccccc1F. The maximum atomic E-state index is 13.8. The molecule has 19 heavy (non-hydrogen) atoms. The third-order valence-corrected chi connectivity index (χ3v) is 2.85. The van der Waals surface area contributed by atoms with E-state index in [0.29, 0.717) is 17.8 Å². The molecule has 0 amide bonds. The Morgan fingerprint density at radius 3 is 2.58 bits per heavy atom. The minimum Gasteiger partial charge on any atom is -0.344 e. The second kappa shape index (κ2) is 5.13. The van der Waals surface area contributed by atoms with Gasteiger partial charge in [-0.05, 0) is 39.8 Å². The van der Waals surface area contributed by atoms with Crippen molar-refractivity contribution in [2.45, 2.75) is 39.8 Å². The number of aromatic amines is 1. The molecular weight excluding hydrogens is 241 g/mol. The first-order valence-corrected chi connectivity index (χ1v) is 6.42. The summed E-state index contributed by atoms with van der Waals surface area (Å²) in [5.74, 6) is 0.582. The predicted octanol–water partition coefficient (Wildman–Crippen LogP) is 3.41. The fourth-order valence-corrected chi connectivity index (χ4v) is 1.87. The molecule has 0 atom stereocenters. The summed E-state index contributed by atoms with van der Waals surface area (Å²) in [6, 6.07) is 6.71. The number of aromatic nitrogens is 2. The van der Waals surface area contributed by atoms with Crippen molar-refractivity contribution in [1.29, 1.82) is 0 Å². The molecule has 0 aliphatic heterocycles.